The molecule has 6 unspecified atom stereocenters. The lowest BCUT2D eigenvalue weighted by atomic mass is 9.83. The van der Waals surface area contributed by atoms with Crippen LogP contribution in [0.4, 0.5) is 0 Å². The van der Waals surface area contributed by atoms with Crippen molar-refractivity contribution < 1.29 is 19.4 Å². The monoisotopic (exact) mass is 496 g/mol. The van der Waals surface area contributed by atoms with Crippen molar-refractivity contribution in [1.82, 2.24) is 0 Å². The maximum absolute atomic E-state index is 12.9. The first-order valence-corrected chi connectivity index (χ1v) is 13.4. The Morgan fingerprint density at radius 1 is 1.17 bits per heavy atom. The molecule has 0 aromatic heterocycles. The normalized spacial score (nSPS) is 22.0. The van der Waals surface area contributed by atoms with Gasteiger partial charge in [-0.05, 0) is 57.9 Å². The van der Waals surface area contributed by atoms with Gasteiger partial charge in [-0.25, -0.2) is 4.79 Å². The molecule has 1 aliphatic heterocycles. The summed E-state index contributed by atoms with van der Waals surface area (Å²) in [4.78, 5) is 24.3. The molecule has 0 aromatic rings. The summed E-state index contributed by atoms with van der Waals surface area (Å²) < 4.78 is 5.29. The molecule has 0 aliphatic carbocycles. The molecular formula is C32H48O4. The number of ether oxygens (including phenoxy) is 1. The molecular weight excluding hydrogens is 448 g/mol. The van der Waals surface area contributed by atoms with E-state index in [2.05, 4.69) is 51.2 Å². The van der Waals surface area contributed by atoms with Crippen LogP contribution in [0, 0.1) is 23.7 Å². The first kappa shape index (κ1) is 31.6. The number of carbonyl (C=O) groups is 2. The van der Waals surface area contributed by atoms with Crippen molar-refractivity contribution in [1.29, 1.82) is 0 Å². The number of cyclic esters (lactones) is 1. The van der Waals surface area contributed by atoms with Crippen LogP contribution in [0.3, 0.4) is 0 Å². The van der Waals surface area contributed by atoms with Gasteiger partial charge in [0.25, 0.3) is 0 Å². The second-order valence-corrected chi connectivity index (χ2v) is 10.4. The molecule has 0 amide bonds. The zero-order chi connectivity index (χ0) is 27.3. The van der Waals surface area contributed by atoms with Crippen molar-refractivity contribution in [2.24, 2.45) is 23.7 Å². The van der Waals surface area contributed by atoms with Gasteiger partial charge in [0.2, 0.25) is 0 Å². The molecule has 0 saturated carbocycles. The fourth-order valence-corrected chi connectivity index (χ4v) is 4.43. The first-order valence-electron chi connectivity index (χ1n) is 13.4. The van der Waals surface area contributed by atoms with E-state index in [1.54, 1.807) is 0 Å². The predicted octanol–water partition coefficient (Wildman–Crippen LogP) is 7.47. The minimum atomic E-state index is -0.643. The Labute approximate surface area is 219 Å². The SMILES string of the molecule is CC=C(C)CC(C)C(O)C(C)C(=O)C(C)C=C(C)C=CCC(C)C=C(C=CC1CC=CC(=O)O1)CC. The van der Waals surface area contributed by atoms with Gasteiger partial charge < -0.3 is 9.84 Å². The van der Waals surface area contributed by atoms with E-state index in [1.807, 2.05) is 52.8 Å². The zero-order valence-corrected chi connectivity index (χ0v) is 23.7. The van der Waals surface area contributed by atoms with Crippen molar-refractivity contribution in [3.8, 4) is 0 Å². The van der Waals surface area contributed by atoms with Crippen LogP contribution >= 0.6 is 0 Å². The molecule has 4 nitrogen and oxygen atoms in total. The summed E-state index contributed by atoms with van der Waals surface area (Å²) in [6.07, 6.45) is 20.4. The number of Topliss-reactive ketones (excluding diaryl/α,β-unsaturated/α-hetero) is 1. The third-order valence-corrected chi connectivity index (χ3v) is 6.85. The van der Waals surface area contributed by atoms with Crippen LogP contribution in [0.1, 0.15) is 81.1 Å². The molecule has 0 fully saturated rings. The van der Waals surface area contributed by atoms with Gasteiger partial charge in [-0.15, -0.1) is 0 Å². The Kier molecular flexibility index (Phi) is 14.3. The van der Waals surface area contributed by atoms with E-state index < -0.39 is 12.0 Å². The lowest BCUT2D eigenvalue weighted by Gasteiger charge is -2.25. The highest BCUT2D eigenvalue weighted by Gasteiger charge is 2.29. The summed E-state index contributed by atoms with van der Waals surface area (Å²) >= 11 is 0. The maximum Gasteiger partial charge on any atom is 0.331 e. The van der Waals surface area contributed by atoms with E-state index in [0.29, 0.717) is 5.92 Å². The highest BCUT2D eigenvalue weighted by atomic mass is 16.5. The average Bonchev–Trinajstić information content (AvgIpc) is 2.84. The van der Waals surface area contributed by atoms with Gasteiger partial charge in [0.15, 0.2) is 0 Å². The number of hydrogen-bond acceptors (Lipinski definition) is 4. The average molecular weight is 497 g/mol. The van der Waals surface area contributed by atoms with Crippen molar-refractivity contribution >= 4 is 11.8 Å². The molecule has 0 saturated heterocycles. The van der Waals surface area contributed by atoms with Gasteiger partial charge in [-0.2, -0.15) is 0 Å². The summed E-state index contributed by atoms with van der Waals surface area (Å²) in [5.74, 6) is -0.438. The Morgan fingerprint density at radius 3 is 2.47 bits per heavy atom. The van der Waals surface area contributed by atoms with Gasteiger partial charge in [0.05, 0.1) is 6.10 Å². The molecule has 1 N–H and O–H groups in total. The molecule has 1 aliphatic rings. The molecule has 0 radical (unpaired) electrons. The third-order valence-electron chi connectivity index (χ3n) is 6.85. The van der Waals surface area contributed by atoms with Gasteiger partial charge in [-0.3, -0.25) is 4.79 Å². The smallest absolute Gasteiger partial charge is 0.331 e. The Morgan fingerprint density at radius 2 is 1.86 bits per heavy atom. The first-order chi connectivity index (χ1) is 17.0. The lowest BCUT2D eigenvalue weighted by Crippen LogP contribution is -2.34. The van der Waals surface area contributed by atoms with E-state index in [4.69, 9.17) is 4.74 Å². The number of esters is 1. The number of rotatable bonds is 14. The van der Waals surface area contributed by atoms with Crippen molar-refractivity contribution in [3.63, 3.8) is 0 Å². The van der Waals surface area contributed by atoms with Crippen molar-refractivity contribution in [2.75, 3.05) is 0 Å². The topological polar surface area (TPSA) is 63.6 Å². The number of aliphatic hydroxyl groups excluding tert-OH is 1. The van der Waals surface area contributed by atoms with Crippen LogP contribution in [0.5, 0.6) is 0 Å². The van der Waals surface area contributed by atoms with E-state index in [9.17, 15) is 14.7 Å². The fraction of sp³-hybridized carbons (Fsp3) is 0.562. The van der Waals surface area contributed by atoms with Gasteiger partial charge in [0, 0.05) is 24.3 Å². The number of hydrogen-bond donors (Lipinski definition) is 1. The molecule has 0 spiro atoms. The van der Waals surface area contributed by atoms with E-state index in [0.717, 1.165) is 31.3 Å². The standard InChI is InChI=1S/C32H48O4/c1-9-22(3)19-25(6)31(34)27(8)32(35)26(7)20-23(4)13-11-14-24(5)21-28(10-2)17-18-29-15-12-16-30(33)36-29/h9,11-13,16-18,20-21,24-27,29,31,34H,10,14-15,19H2,1-8H3. The molecule has 200 valence electrons. The van der Waals surface area contributed by atoms with E-state index >= 15 is 0 Å². The maximum atomic E-state index is 12.9. The summed E-state index contributed by atoms with van der Waals surface area (Å²) in [7, 11) is 0. The molecule has 1 heterocycles. The minimum Gasteiger partial charge on any atom is -0.455 e. The van der Waals surface area contributed by atoms with Gasteiger partial charge >= 0.3 is 5.97 Å². The lowest BCUT2D eigenvalue weighted by molar-refractivity contribution is -0.141. The molecule has 1 rings (SSSR count). The van der Waals surface area contributed by atoms with Gasteiger partial charge in [-0.1, -0.05) is 93.9 Å². The number of allylic oxidation sites excluding steroid dienone is 9. The molecule has 0 bridgehead atoms. The predicted molar refractivity (Wildman–Crippen MR) is 150 cm³/mol. The number of carbonyl (C=O) groups excluding carboxylic acids is 2. The van der Waals surface area contributed by atoms with Crippen LogP contribution in [-0.2, 0) is 14.3 Å². The molecule has 36 heavy (non-hydrogen) atoms. The van der Waals surface area contributed by atoms with Crippen LogP contribution in [0.2, 0.25) is 0 Å². The summed E-state index contributed by atoms with van der Waals surface area (Å²) in [5.41, 5.74) is 3.50. The van der Waals surface area contributed by atoms with Crippen molar-refractivity contribution in [3.05, 3.63) is 71.4 Å². The Hall–Kier alpha value is -2.46. The number of aliphatic hydroxyl groups is 1. The van der Waals surface area contributed by atoms with Crippen LogP contribution in [0.15, 0.2) is 71.4 Å². The van der Waals surface area contributed by atoms with Gasteiger partial charge in [0.1, 0.15) is 11.9 Å². The van der Waals surface area contributed by atoms with E-state index in [-0.39, 0.29) is 29.7 Å². The second kappa shape index (κ2) is 16.3. The summed E-state index contributed by atoms with van der Waals surface area (Å²) in [5, 5.41) is 10.7. The zero-order valence-electron chi connectivity index (χ0n) is 23.7. The second-order valence-electron chi connectivity index (χ2n) is 10.4. The quantitative estimate of drug-likeness (QED) is 0.154. The minimum absolute atomic E-state index is 0.0456. The molecule has 4 heteroatoms. The summed E-state index contributed by atoms with van der Waals surface area (Å²) in [6, 6.07) is 0. The molecule has 0 aromatic carbocycles. The fourth-order valence-electron chi connectivity index (χ4n) is 4.43. The van der Waals surface area contributed by atoms with Crippen LogP contribution in [-0.4, -0.2) is 29.1 Å². The number of ketones is 1. The largest absolute Gasteiger partial charge is 0.455 e. The Bertz CT molecular complexity index is 899. The van der Waals surface area contributed by atoms with E-state index in [1.165, 1.54) is 17.2 Å². The third kappa shape index (κ3) is 11.5. The van der Waals surface area contributed by atoms with Crippen molar-refractivity contribution in [2.45, 2.75) is 93.3 Å². The molecule has 6 atom stereocenters. The Balaban J connectivity index is 2.64. The van der Waals surface area contributed by atoms with Crippen LogP contribution < -0.4 is 0 Å². The highest BCUT2D eigenvalue weighted by Crippen LogP contribution is 2.24. The summed E-state index contributed by atoms with van der Waals surface area (Å²) in [6.45, 7) is 16.1. The van der Waals surface area contributed by atoms with Crippen LogP contribution in [0.25, 0.3) is 0 Å². The highest BCUT2D eigenvalue weighted by molar-refractivity contribution is 5.85.